The molecule has 1 atom stereocenters. The first-order valence-electron chi connectivity index (χ1n) is 6.56. The molecule has 1 aromatic carbocycles. The number of aryl methyl sites for hydroxylation is 2. The van der Waals surface area contributed by atoms with Crippen molar-refractivity contribution in [2.75, 3.05) is 20.2 Å². The molecule has 0 aliphatic carbocycles. The zero-order valence-electron chi connectivity index (χ0n) is 11.2. The Labute approximate surface area is 104 Å². The third kappa shape index (κ3) is 2.81. The summed E-state index contributed by atoms with van der Waals surface area (Å²) in [5.41, 5.74) is 4.01. The van der Waals surface area contributed by atoms with E-state index in [0.717, 1.165) is 24.6 Å². The maximum atomic E-state index is 5.58. The SMILES string of the molecule is COc1c(C)ccc(C)c1CC1CCCNC1. The highest BCUT2D eigenvalue weighted by atomic mass is 16.5. The third-order valence-corrected chi connectivity index (χ3v) is 3.79. The van der Waals surface area contributed by atoms with E-state index in [9.17, 15) is 0 Å². The van der Waals surface area contributed by atoms with Gasteiger partial charge in [0.2, 0.25) is 0 Å². The van der Waals surface area contributed by atoms with E-state index in [1.807, 2.05) is 0 Å². The highest BCUT2D eigenvalue weighted by Gasteiger charge is 2.17. The van der Waals surface area contributed by atoms with Gasteiger partial charge in [0.15, 0.2) is 0 Å². The first kappa shape index (κ1) is 12.4. The lowest BCUT2D eigenvalue weighted by Gasteiger charge is -2.24. The average Bonchev–Trinajstić information content (AvgIpc) is 2.35. The van der Waals surface area contributed by atoms with E-state index in [1.165, 1.54) is 36.1 Å². The smallest absolute Gasteiger partial charge is 0.125 e. The van der Waals surface area contributed by atoms with Gasteiger partial charge in [-0.1, -0.05) is 12.1 Å². The Morgan fingerprint density at radius 3 is 2.71 bits per heavy atom. The molecular formula is C15H23NO. The molecule has 1 heterocycles. The summed E-state index contributed by atoms with van der Waals surface area (Å²) in [7, 11) is 1.78. The maximum Gasteiger partial charge on any atom is 0.125 e. The molecule has 0 aromatic heterocycles. The average molecular weight is 233 g/mol. The van der Waals surface area contributed by atoms with E-state index in [1.54, 1.807) is 7.11 Å². The van der Waals surface area contributed by atoms with Crippen molar-refractivity contribution in [1.29, 1.82) is 0 Å². The van der Waals surface area contributed by atoms with Crippen LogP contribution in [0.5, 0.6) is 5.75 Å². The molecule has 0 amide bonds. The fourth-order valence-corrected chi connectivity index (χ4v) is 2.77. The van der Waals surface area contributed by atoms with Gasteiger partial charge in [-0.25, -0.2) is 0 Å². The summed E-state index contributed by atoms with van der Waals surface area (Å²) in [6, 6.07) is 4.36. The molecule has 2 heteroatoms. The van der Waals surface area contributed by atoms with Crippen LogP contribution in [-0.4, -0.2) is 20.2 Å². The lowest BCUT2D eigenvalue weighted by Crippen LogP contribution is -2.31. The van der Waals surface area contributed by atoms with Crippen molar-refractivity contribution in [2.24, 2.45) is 5.92 Å². The van der Waals surface area contributed by atoms with Crippen LogP contribution < -0.4 is 10.1 Å². The fourth-order valence-electron chi connectivity index (χ4n) is 2.77. The zero-order chi connectivity index (χ0) is 12.3. The van der Waals surface area contributed by atoms with Crippen LogP contribution >= 0.6 is 0 Å². The highest BCUT2D eigenvalue weighted by Crippen LogP contribution is 2.30. The van der Waals surface area contributed by atoms with Gasteiger partial charge in [0.05, 0.1) is 7.11 Å². The first-order valence-corrected chi connectivity index (χ1v) is 6.56. The van der Waals surface area contributed by atoms with Crippen LogP contribution in [-0.2, 0) is 6.42 Å². The molecular weight excluding hydrogens is 210 g/mol. The normalized spacial score (nSPS) is 20.3. The molecule has 17 heavy (non-hydrogen) atoms. The highest BCUT2D eigenvalue weighted by molar-refractivity contribution is 5.45. The van der Waals surface area contributed by atoms with Gasteiger partial charge in [0.25, 0.3) is 0 Å². The van der Waals surface area contributed by atoms with Crippen LogP contribution in [0, 0.1) is 19.8 Å². The summed E-state index contributed by atoms with van der Waals surface area (Å²) >= 11 is 0. The van der Waals surface area contributed by atoms with E-state index in [4.69, 9.17) is 4.74 Å². The molecule has 1 aliphatic rings. The monoisotopic (exact) mass is 233 g/mol. The summed E-state index contributed by atoms with van der Waals surface area (Å²) in [5, 5.41) is 3.49. The van der Waals surface area contributed by atoms with Crippen molar-refractivity contribution in [1.82, 2.24) is 5.32 Å². The van der Waals surface area contributed by atoms with Crippen molar-refractivity contribution in [3.63, 3.8) is 0 Å². The number of benzene rings is 1. The van der Waals surface area contributed by atoms with E-state index >= 15 is 0 Å². The zero-order valence-corrected chi connectivity index (χ0v) is 11.2. The molecule has 1 N–H and O–H groups in total. The molecule has 1 aromatic rings. The molecule has 0 spiro atoms. The summed E-state index contributed by atoms with van der Waals surface area (Å²) in [4.78, 5) is 0. The molecule has 2 rings (SSSR count). The molecule has 0 radical (unpaired) electrons. The minimum Gasteiger partial charge on any atom is -0.496 e. The van der Waals surface area contributed by atoms with Crippen molar-refractivity contribution >= 4 is 0 Å². The lowest BCUT2D eigenvalue weighted by molar-refractivity contribution is 0.362. The number of hydrogen-bond donors (Lipinski definition) is 1. The minimum atomic E-state index is 0.762. The molecule has 1 unspecified atom stereocenters. The van der Waals surface area contributed by atoms with Crippen molar-refractivity contribution in [3.05, 3.63) is 28.8 Å². The summed E-state index contributed by atoms with van der Waals surface area (Å²) in [5.74, 6) is 1.86. The molecule has 0 bridgehead atoms. The van der Waals surface area contributed by atoms with E-state index < -0.39 is 0 Å². The second kappa shape index (κ2) is 5.54. The number of ether oxygens (including phenoxy) is 1. The predicted molar refractivity (Wildman–Crippen MR) is 71.8 cm³/mol. The second-order valence-electron chi connectivity index (χ2n) is 5.13. The summed E-state index contributed by atoms with van der Waals surface area (Å²) in [6.45, 7) is 6.64. The first-order chi connectivity index (χ1) is 8.22. The lowest BCUT2D eigenvalue weighted by atomic mass is 9.89. The van der Waals surface area contributed by atoms with Gasteiger partial charge in [-0.05, 0) is 68.8 Å². The van der Waals surface area contributed by atoms with Crippen molar-refractivity contribution in [3.8, 4) is 5.75 Å². The van der Waals surface area contributed by atoms with Gasteiger partial charge in [-0.3, -0.25) is 0 Å². The Balaban J connectivity index is 2.21. The Morgan fingerprint density at radius 2 is 2.06 bits per heavy atom. The van der Waals surface area contributed by atoms with Gasteiger partial charge in [-0.2, -0.15) is 0 Å². The van der Waals surface area contributed by atoms with Crippen molar-refractivity contribution in [2.45, 2.75) is 33.1 Å². The fraction of sp³-hybridized carbons (Fsp3) is 0.600. The molecule has 94 valence electrons. The summed E-state index contributed by atoms with van der Waals surface area (Å²) < 4.78 is 5.58. The molecule has 2 nitrogen and oxygen atoms in total. The quantitative estimate of drug-likeness (QED) is 0.867. The number of rotatable bonds is 3. The number of nitrogens with one attached hydrogen (secondary N) is 1. The van der Waals surface area contributed by atoms with Crippen LogP contribution in [0.3, 0.4) is 0 Å². The minimum absolute atomic E-state index is 0.762. The van der Waals surface area contributed by atoms with Gasteiger partial charge >= 0.3 is 0 Å². The van der Waals surface area contributed by atoms with E-state index in [2.05, 4.69) is 31.3 Å². The van der Waals surface area contributed by atoms with Crippen LogP contribution in [0.2, 0.25) is 0 Å². The molecule has 1 aliphatic heterocycles. The van der Waals surface area contributed by atoms with Crippen LogP contribution in [0.15, 0.2) is 12.1 Å². The Bertz CT molecular complexity index is 381. The van der Waals surface area contributed by atoms with Crippen LogP contribution in [0.1, 0.15) is 29.5 Å². The molecule has 0 saturated carbocycles. The van der Waals surface area contributed by atoms with Gasteiger partial charge in [-0.15, -0.1) is 0 Å². The topological polar surface area (TPSA) is 21.3 Å². The van der Waals surface area contributed by atoms with E-state index in [0.29, 0.717) is 0 Å². The summed E-state index contributed by atoms with van der Waals surface area (Å²) in [6.07, 6.45) is 3.78. The van der Waals surface area contributed by atoms with Crippen molar-refractivity contribution < 1.29 is 4.74 Å². The maximum absolute atomic E-state index is 5.58. The second-order valence-corrected chi connectivity index (χ2v) is 5.13. The van der Waals surface area contributed by atoms with Gasteiger partial charge in [0, 0.05) is 0 Å². The predicted octanol–water partition coefficient (Wildman–Crippen LogP) is 2.85. The van der Waals surface area contributed by atoms with Gasteiger partial charge < -0.3 is 10.1 Å². The molecule has 1 saturated heterocycles. The third-order valence-electron chi connectivity index (χ3n) is 3.79. The molecule has 1 fully saturated rings. The number of methoxy groups -OCH3 is 1. The number of piperidine rings is 1. The van der Waals surface area contributed by atoms with Crippen LogP contribution in [0.25, 0.3) is 0 Å². The number of hydrogen-bond acceptors (Lipinski definition) is 2. The Hall–Kier alpha value is -1.02. The van der Waals surface area contributed by atoms with Gasteiger partial charge in [0.1, 0.15) is 5.75 Å². The van der Waals surface area contributed by atoms with Crippen LogP contribution in [0.4, 0.5) is 0 Å². The van der Waals surface area contributed by atoms with E-state index in [-0.39, 0.29) is 0 Å². The standard InChI is InChI=1S/C15H23NO/c1-11-6-7-12(2)15(17-3)14(11)9-13-5-4-8-16-10-13/h6-7,13,16H,4-5,8-10H2,1-3H3. The Morgan fingerprint density at radius 1 is 1.29 bits per heavy atom. The largest absolute Gasteiger partial charge is 0.496 e. The Kier molecular flexibility index (Phi) is 4.06.